The highest BCUT2D eigenvalue weighted by Crippen LogP contribution is 2.42. The van der Waals surface area contributed by atoms with Crippen molar-refractivity contribution in [3.8, 4) is 11.5 Å². The molecule has 1 heterocycles. The van der Waals surface area contributed by atoms with Gasteiger partial charge in [0.25, 0.3) is 0 Å². The highest BCUT2D eigenvalue weighted by Gasteiger charge is 2.24. The summed E-state index contributed by atoms with van der Waals surface area (Å²) in [4.78, 5) is 2.13. The predicted octanol–water partition coefficient (Wildman–Crippen LogP) is 4.30. The summed E-state index contributed by atoms with van der Waals surface area (Å²) >= 11 is 0. The first kappa shape index (κ1) is 15.7. The molecule has 3 nitrogen and oxygen atoms in total. The molecule has 1 aliphatic rings. The lowest BCUT2D eigenvalue weighted by Crippen LogP contribution is -2.23. The van der Waals surface area contributed by atoms with E-state index in [-0.39, 0.29) is 0 Å². The van der Waals surface area contributed by atoms with Crippen molar-refractivity contribution in [2.45, 2.75) is 0 Å². The second-order valence-corrected chi connectivity index (χ2v) is 6.72. The molecule has 0 radical (unpaired) electrons. The molecule has 0 amide bonds. The van der Waals surface area contributed by atoms with Crippen LogP contribution in [0.15, 0.2) is 66.2 Å². The second-order valence-electron chi connectivity index (χ2n) is 6.72. The molecule has 0 aliphatic carbocycles. The van der Waals surface area contributed by atoms with Crippen LogP contribution < -0.4 is 4.74 Å². The fourth-order valence-electron chi connectivity index (χ4n) is 3.49. The van der Waals surface area contributed by atoms with E-state index in [4.69, 9.17) is 4.74 Å². The highest BCUT2D eigenvalue weighted by atomic mass is 16.5. The number of benzene rings is 3. The average molecular weight is 331 g/mol. The van der Waals surface area contributed by atoms with Gasteiger partial charge in [-0.1, -0.05) is 42.5 Å². The summed E-state index contributed by atoms with van der Waals surface area (Å²) in [6, 6.07) is 20.1. The van der Waals surface area contributed by atoms with Gasteiger partial charge in [0.15, 0.2) is 0 Å². The largest absolute Gasteiger partial charge is 0.507 e. The summed E-state index contributed by atoms with van der Waals surface area (Å²) in [5, 5.41) is 12.8. The fourth-order valence-corrected chi connectivity index (χ4v) is 3.49. The third-order valence-electron chi connectivity index (χ3n) is 4.55. The minimum atomic E-state index is 0.301. The zero-order chi connectivity index (χ0) is 17.4. The molecule has 0 saturated carbocycles. The summed E-state index contributed by atoms with van der Waals surface area (Å²) in [5.41, 5.74) is 4.16. The van der Waals surface area contributed by atoms with Crippen LogP contribution in [0.1, 0.15) is 11.1 Å². The summed E-state index contributed by atoms with van der Waals surface area (Å²) in [5.74, 6) is 1.18. The van der Waals surface area contributed by atoms with Crippen molar-refractivity contribution in [1.82, 2.24) is 4.90 Å². The molecule has 1 N–H and O–H groups in total. The highest BCUT2D eigenvalue weighted by molar-refractivity contribution is 5.95. The van der Waals surface area contributed by atoms with Gasteiger partial charge in [-0.15, -0.1) is 0 Å². The van der Waals surface area contributed by atoms with Crippen LogP contribution in [0.3, 0.4) is 0 Å². The van der Waals surface area contributed by atoms with E-state index in [1.165, 1.54) is 11.0 Å². The van der Waals surface area contributed by atoms with Crippen molar-refractivity contribution in [3.05, 3.63) is 77.4 Å². The number of phenols is 1. The lowest BCUT2D eigenvalue weighted by molar-refractivity contribution is 0.325. The van der Waals surface area contributed by atoms with Crippen molar-refractivity contribution in [1.29, 1.82) is 0 Å². The monoisotopic (exact) mass is 331 g/mol. The third kappa shape index (κ3) is 2.87. The topological polar surface area (TPSA) is 32.7 Å². The number of aromatic hydroxyl groups is 1. The Kier molecular flexibility index (Phi) is 3.94. The van der Waals surface area contributed by atoms with Gasteiger partial charge in [-0.3, -0.25) is 0 Å². The summed E-state index contributed by atoms with van der Waals surface area (Å²) in [7, 11) is 4.09. The zero-order valence-electron chi connectivity index (χ0n) is 14.5. The van der Waals surface area contributed by atoms with Gasteiger partial charge in [0.1, 0.15) is 18.1 Å². The molecule has 3 aromatic carbocycles. The van der Waals surface area contributed by atoms with E-state index in [2.05, 4.69) is 29.2 Å². The molecule has 3 heteroatoms. The number of ether oxygens (including phenoxy) is 1. The minimum absolute atomic E-state index is 0.301. The van der Waals surface area contributed by atoms with Crippen molar-refractivity contribution in [2.75, 3.05) is 27.2 Å². The van der Waals surface area contributed by atoms with Crippen LogP contribution in [0.2, 0.25) is 0 Å². The quantitative estimate of drug-likeness (QED) is 0.776. The van der Waals surface area contributed by atoms with Crippen LogP contribution in [0.4, 0.5) is 0 Å². The molecule has 0 bridgehead atoms. The Morgan fingerprint density at radius 1 is 0.920 bits per heavy atom. The van der Waals surface area contributed by atoms with E-state index in [0.717, 1.165) is 34.4 Å². The summed E-state index contributed by atoms with van der Waals surface area (Å²) in [6.07, 6.45) is 0. The average Bonchev–Trinajstić information content (AvgIpc) is 2.60. The number of hydrogen-bond acceptors (Lipinski definition) is 3. The first-order valence-corrected chi connectivity index (χ1v) is 8.44. The van der Waals surface area contributed by atoms with Crippen LogP contribution in [0.5, 0.6) is 11.5 Å². The van der Waals surface area contributed by atoms with Crippen LogP contribution in [0, 0.1) is 0 Å². The molecule has 126 valence electrons. The number of rotatable bonds is 3. The molecule has 0 saturated heterocycles. The van der Waals surface area contributed by atoms with E-state index < -0.39 is 0 Å². The first-order chi connectivity index (χ1) is 12.1. The lowest BCUT2D eigenvalue weighted by Gasteiger charge is -2.27. The molecule has 4 rings (SSSR count). The predicted molar refractivity (Wildman–Crippen MR) is 102 cm³/mol. The number of likely N-dealkylation sites (N-methyl/N-ethyl adjacent to an activating group) is 1. The van der Waals surface area contributed by atoms with Crippen LogP contribution in [-0.4, -0.2) is 37.3 Å². The Bertz CT molecular complexity index is 973. The normalized spacial score (nSPS) is 13.9. The third-order valence-corrected chi connectivity index (χ3v) is 4.55. The van der Waals surface area contributed by atoms with Gasteiger partial charge in [-0.25, -0.2) is 0 Å². The maximum atomic E-state index is 10.5. The Hall–Kier alpha value is -2.78. The first-order valence-electron chi connectivity index (χ1n) is 8.44. The SMILES string of the molecule is CN(C)CC1=C(c2ccccc2O)c2cc3ccccc3cc2OC1. The lowest BCUT2D eigenvalue weighted by atomic mass is 9.88. The number of para-hydroxylation sites is 1. The van der Waals surface area contributed by atoms with Gasteiger partial charge in [-0.05, 0) is 48.6 Å². The van der Waals surface area contributed by atoms with Crippen LogP contribution >= 0.6 is 0 Å². The van der Waals surface area contributed by atoms with Crippen LogP contribution in [-0.2, 0) is 0 Å². The molecule has 0 aromatic heterocycles. The number of phenolic OH excluding ortho intramolecular Hbond substituents is 1. The van der Waals surface area contributed by atoms with E-state index >= 15 is 0 Å². The summed E-state index contributed by atoms with van der Waals surface area (Å²) in [6.45, 7) is 1.32. The molecule has 3 aromatic rings. The van der Waals surface area contributed by atoms with Gasteiger partial charge < -0.3 is 14.7 Å². The molecule has 0 atom stereocenters. The maximum absolute atomic E-state index is 10.5. The Morgan fingerprint density at radius 2 is 1.60 bits per heavy atom. The number of hydrogen-bond donors (Lipinski definition) is 1. The van der Waals surface area contributed by atoms with Gasteiger partial charge in [-0.2, -0.15) is 0 Å². The molecule has 0 spiro atoms. The Morgan fingerprint density at radius 3 is 2.32 bits per heavy atom. The number of fused-ring (bicyclic) bond motifs is 2. The molecule has 0 unspecified atom stereocenters. The summed E-state index contributed by atoms with van der Waals surface area (Å²) < 4.78 is 6.07. The smallest absolute Gasteiger partial charge is 0.128 e. The molecular formula is C22H21NO2. The number of nitrogens with zero attached hydrogens (tertiary/aromatic N) is 1. The van der Waals surface area contributed by atoms with Crippen molar-refractivity contribution in [2.24, 2.45) is 0 Å². The van der Waals surface area contributed by atoms with Crippen molar-refractivity contribution in [3.63, 3.8) is 0 Å². The van der Waals surface area contributed by atoms with Crippen LogP contribution in [0.25, 0.3) is 16.3 Å². The fraction of sp³-hybridized carbons (Fsp3) is 0.182. The molecule has 25 heavy (non-hydrogen) atoms. The standard InChI is InChI=1S/C22H21NO2/c1-23(2)13-17-14-25-21-12-16-8-4-3-7-15(16)11-19(21)22(17)18-9-5-6-10-20(18)24/h3-12,24H,13-14H2,1-2H3. The van der Waals surface area contributed by atoms with Gasteiger partial charge in [0.2, 0.25) is 0 Å². The second kappa shape index (κ2) is 6.26. The zero-order valence-corrected chi connectivity index (χ0v) is 14.5. The Labute approximate surface area is 147 Å². The van der Waals surface area contributed by atoms with E-state index in [1.807, 2.05) is 44.4 Å². The van der Waals surface area contributed by atoms with E-state index in [9.17, 15) is 5.11 Å². The van der Waals surface area contributed by atoms with Gasteiger partial charge in [0, 0.05) is 23.2 Å². The maximum Gasteiger partial charge on any atom is 0.128 e. The Balaban J connectivity index is 1.99. The van der Waals surface area contributed by atoms with Gasteiger partial charge >= 0.3 is 0 Å². The van der Waals surface area contributed by atoms with Crippen molar-refractivity contribution >= 4 is 16.3 Å². The van der Waals surface area contributed by atoms with Crippen molar-refractivity contribution < 1.29 is 9.84 Å². The van der Waals surface area contributed by atoms with E-state index in [1.54, 1.807) is 6.07 Å². The minimum Gasteiger partial charge on any atom is -0.507 e. The van der Waals surface area contributed by atoms with E-state index in [0.29, 0.717) is 12.4 Å². The molecular weight excluding hydrogens is 310 g/mol. The molecule has 0 fully saturated rings. The van der Waals surface area contributed by atoms with Gasteiger partial charge in [0.05, 0.1) is 0 Å². The molecule has 1 aliphatic heterocycles.